The Kier molecular flexibility index (Phi) is 6.80. The zero-order chi connectivity index (χ0) is 18.2. The molecule has 0 heterocycles. The fourth-order valence-electron chi connectivity index (χ4n) is 2.00. The Hall–Kier alpha value is -2.57. The lowest BCUT2D eigenvalue weighted by atomic mass is 10.2. The number of aldehydes is 1. The number of hydrogen-bond donors (Lipinski definition) is 3. The van der Waals surface area contributed by atoms with E-state index in [0.717, 1.165) is 12.1 Å². The van der Waals surface area contributed by atoms with Gasteiger partial charge in [0.25, 0.3) is 5.91 Å². The van der Waals surface area contributed by atoms with Crippen molar-refractivity contribution in [2.75, 3.05) is 5.32 Å². The summed E-state index contributed by atoms with van der Waals surface area (Å²) in [5.41, 5.74) is 1.49. The summed E-state index contributed by atoms with van der Waals surface area (Å²) in [4.78, 5) is 34.0. The highest BCUT2D eigenvalue weighted by molar-refractivity contribution is 6.34. The van der Waals surface area contributed by atoms with E-state index >= 15 is 0 Å². The largest absolute Gasteiger partial charge is 0.340 e. The smallest absolute Gasteiger partial charge is 0.319 e. The van der Waals surface area contributed by atoms with E-state index in [1.807, 2.05) is 0 Å². The Morgan fingerprint density at radius 2 is 1.76 bits per heavy atom. The van der Waals surface area contributed by atoms with Crippen molar-refractivity contribution in [3.63, 3.8) is 0 Å². The average Bonchev–Trinajstić information content (AvgIpc) is 2.57. The van der Waals surface area contributed by atoms with Crippen LogP contribution in [-0.4, -0.2) is 18.2 Å². The molecule has 0 bridgehead atoms. The monoisotopic (exact) mass is 378 g/mol. The maximum absolute atomic E-state index is 12.0. The molecule has 0 aliphatic rings. The fourth-order valence-corrected chi connectivity index (χ4v) is 2.57. The first kappa shape index (κ1) is 18.8. The summed E-state index contributed by atoms with van der Waals surface area (Å²) >= 11 is 11.8. The third-order valence-corrected chi connectivity index (χ3v) is 3.48. The lowest BCUT2D eigenvalue weighted by Crippen LogP contribution is -2.28. The van der Waals surface area contributed by atoms with Gasteiger partial charge in [0.15, 0.2) is 0 Å². The van der Waals surface area contributed by atoms with Crippen LogP contribution in [0.15, 0.2) is 42.5 Å². The maximum Gasteiger partial charge on any atom is 0.319 e. The van der Waals surface area contributed by atoms with Crippen LogP contribution >= 0.6 is 23.2 Å². The molecule has 0 aromatic heterocycles. The van der Waals surface area contributed by atoms with E-state index in [1.54, 1.807) is 36.4 Å². The fraction of sp³-hybridized carbons (Fsp3) is 0.0588. The first-order valence-electron chi connectivity index (χ1n) is 7.15. The van der Waals surface area contributed by atoms with Crippen molar-refractivity contribution < 1.29 is 14.4 Å². The molecule has 3 amide bonds. The van der Waals surface area contributed by atoms with Gasteiger partial charge in [-0.2, -0.15) is 0 Å². The summed E-state index contributed by atoms with van der Waals surface area (Å²) in [6.45, 7) is 1.23. The van der Waals surface area contributed by atoms with E-state index in [1.165, 1.54) is 6.07 Å². The van der Waals surface area contributed by atoms with Crippen LogP contribution < -0.4 is 16.0 Å². The van der Waals surface area contributed by atoms with Crippen LogP contribution in [0.3, 0.4) is 0 Å². The lowest BCUT2D eigenvalue weighted by molar-refractivity contribution is -0.105. The molecule has 0 aliphatic heterocycles. The molecule has 0 fully saturated rings. The number of hydrogen-bond acceptors (Lipinski definition) is 3. The highest BCUT2D eigenvalue weighted by atomic mass is 35.5. The van der Waals surface area contributed by atoms with Crippen LogP contribution in [0.4, 0.5) is 10.5 Å². The molecule has 6 nitrogen and oxygen atoms in total. The molecule has 129 valence electrons. The first-order chi connectivity index (χ1) is 12.0. The van der Waals surface area contributed by atoms with Gasteiger partial charge in [0.1, 0.15) is 12.8 Å². The Balaban J connectivity index is 1.93. The van der Waals surface area contributed by atoms with Gasteiger partial charge in [-0.25, -0.2) is 4.79 Å². The molecule has 3 N–H and O–H groups in total. The van der Waals surface area contributed by atoms with Crippen LogP contribution in [0.1, 0.15) is 15.9 Å². The van der Waals surface area contributed by atoms with Gasteiger partial charge < -0.3 is 20.7 Å². The number of anilines is 1. The van der Waals surface area contributed by atoms with Gasteiger partial charge in [0, 0.05) is 27.8 Å². The maximum atomic E-state index is 12.0. The quantitative estimate of drug-likeness (QED) is 0.673. The molecule has 8 heteroatoms. The van der Waals surface area contributed by atoms with Crippen molar-refractivity contribution in [2.45, 2.75) is 6.54 Å². The number of amides is 3. The number of benzene rings is 2. The Labute approximate surface area is 154 Å². The van der Waals surface area contributed by atoms with Gasteiger partial charge in [-0.05, 0) is 42.0 Å². The highest BCUT2D eigenvalue weighted by Gasteiger charge is 2.08. The Morgan fingerprint density at radius 3 is 2.44 bits per heavy atom. The van der Waals surface area contributed by atoms with Crippen molar-refractivity contribution in [2.24, 2.45) is 0 Å². The third kappa shape index (κ3) is 6.10. The van der Waals surface area contributed by atoms with E-state index in [-0.39, 0.29) is 6.54 Å². The van der Waals surface area contributed by atoms with E-state index in [9.17, 15) is 14.4 Å². The number of nitrogens with one attached hydrogen (secondary N) is 3. The minimum atomic E-state index is -0.454. The lowest BCUT2D eigenvalue weighted by Gasteiger charge is -2.09. The summed E-state index contributed by atoms with van der Waals surface area (Å²) in [5, 5.41) is 8.55. The molecule has 0 aliphatic carbocycles. The predicted molar refractivity (Wildman–Crippen MR) is 96.6 cm³/mol. The van der Waals surface area contributed by atoms with Crippen LogP contribution in [0, 0.1) is 6.54 Å². The summed E-state index contributed by atoms with van der Waals surface area (Å²) < 4.78 is 0. The summed E-state index contributed by atoms with van der Waals surface area (Å²) in [7, 11) is 0. The zero-order valence-corrected chi connectivity index (χ0v) is 14.4. The molecule has 2 aromatic rings. The van der Waals surface area contributed by atoms with Gasteiger partial charge in [0.2, 0.25) is 0 Å². The molecule has 2 rings (SSSR count). The second kappa shape index (κ2) is 9.05. The molecule has 0 saturated heterocycles. The summed E-state index contributed by atoms with van der Waals surface area (Å²) in [5.74, 6) is -0.454. The normalized spacial score (nSPS) is 10.0. The average molecular weight is 379 g/mol. The highest BCUT2D eigenvalue weighted by Crippen LogP contribution is 2.19. The SMILES string of the molecule is O=C[CH]NC(=O)c1cccc(NC(=O)NCc2cc(Cl)cc(Cl)c2)c1. The Bertz CT molecular complexity index is 776. The van der Waals surface area contributed by atoms with Crippen LogP contribution in [0.2, 0.25) is 10.0 Å². The van der Waals surface area contributed by atoms with Crippen LogP contribution in [0.5, 0.6) is 0 Å². The van der Waals surface area contributed by atoms with E-state index in [0.29, 0.717) is 27.6 Å². The number of urea groups is 1. The van der Waals surface area contributed by atoms with Crippen molar-refractivity contribution >= 4 is 47.1 Å². The second-order valence-electron chi connectivity index (χ2n) is 4.94. The molecule has 0 saturated carbocycles. The van der Waals surface area contributed by atoms with Crippen molar-refractivity contribution in [1.29, 1.82) is 0 Å². The van der Waals surface area contributed by atoms with E-state index in [4.69, 9.17) is 23.2 Å². The molecule has 25 heavy (non-hydrogen) atoms. The number of rotatable bonds is 6. The zero-order valence-electron chi connectivity index (χ0n) is 12.9. The van der Waals surface area contributed by atoms with Gasteiger partial charge in [-0.3, -0.25) is 4.79 Å². The number of halogens is 2. The molecule has 1 radical (unpaired) electrons. The van der Waals surface area contributed by atoms with Gasteiger partial charge >= 0.3 is 6.03 Å². The molecule has 0 unspecified atom stereocenters. The van der Waals surface area contributed by atoms with Crippen molar-refractivity contribution in [1.82, 2.24) is 10.6 Å². The van der Waals surface area contributed by atoms with Crippen LogP contribution in [-0.2, 0) is 11.3 Å². The molecule has 0 spiro atoms. The predicted octanol–water partition coefficient (Wildman–Crippen LogP) is 3.41. The van der Waals surface area contributed by atoms with Gasteiger partial charge in [0.05, 0.1) is 0 Å². The number of carbonyl (C=O) groups excluding carboxylic acids is 3. The molecular formula is C17H14Cl2N3O3. The number of carbonyl (C=O) groups is 3. The summed E-state index contributed by atoms with van der Waals surface area (Å²) in [6, 6.07) is 10.8. The van der Waals surface area contributed by atoms with Crippen LogP contribution in [0.25, 0.3) is 0 Å². The second-order valence-corrected chi connectivity index (χ2v) is 5.82. The standard InChI is InChI=1S/C17H14Cl2N3O3/c18-13-6-11(7-14(19)9-13)10-21-17(25)22-15-3-1-2-12(8-15)16(24)20-4-5-23/h1-9H,10H2,(H,20,24)(H2,21,22,25). The van der Waals surface area contributed by atoms with Crippen molar-refractivity contribution in [3.05, 3.63) is 70.2 Å². The summed E-state index contributed by atoms with van der Waals surface area (Å²) in [6.07, 6.45) is 0.468. The van der Waals surface area contributed by atoms with Crippen molar-refractivity contribution in [3.8, 4) is 0 Å². The topological polar surface area (TPSA) is 87.3 Å². The molecule has 2 aromatic carbocycles. The van der Waals surface area contributed by atoms with E-state index in [2.05, 4.69) is 16.0 Å². The van der Waals surface area contributed by atoms with E-state index < -0.39 is 11.9 Å². The molecule has 0 atom stereocenters. The first-order valence-corrected chi connectivity index (χ1v) is 7.91. The van der Waals surface area contributed by atoms with Gasteiger partial charge in [-0.15, -0.1) is 0 Å². The third-order valence-electron chi connectivity index (χ3n) is 3.04. The molecular weight excluding hydrogens is 365 g/mol. The Morgan fingerprint density at radius 1 is 1.04 bits per heavy atom. The minimum absolute atomic E-state index is 0.237. The minimum Gasteiger partial charge on any atom is -0.340 e. The van der Waals surface area contributed by atoms with Gasteiger partial charge in [-0.1, -0.05) is 29.3 Å².